The minimum Gasteiger partial charge on any atom is -0.333 e. The number of carbonyl (C=O) groups is 1. The Labute approximate surface area is 167 Å². The molecule has 1 aliphatic heterocycles. The van der Waals surface area contributed by atoms with Gasteiger partial charge in [0, 0.05) is 30.2 Å². The molecule has 1 amide bonds. The second kappa shape index (κ2) is 8.57. The Hall–Kier alpha value is -1.99. The molecule has 1 saturated heterocycles. The number of aryl methyl sites for hydroxylation is 1. The van der Waals surface area contributed by atoms with Gasteiger partial charge in [0.1, 0.15) is 0 Å². The highest BCUT2D eigenvalue weighted by Gasteiger charge is 2.35. The van der Waals surface area contributed by atoms with Crippen LogP contribution in [0, 0.1) is 6.92 Å². The molecule has 1 aromatic carbocycles. The summed E-state index contributed by atoms with van der Waals surface area (Å²) >= 11 is 0. The Morgan fingerprint density at radius 3 is 2.54 bits per heavy atom. The lowest BCUT2D eigenvalue weighted by molar-refractivity contribution is 0.0676. The maximum absolute atomic E-state index is 13.6. The summed E-state index contributed by atoms with van der Waals surface area (Å²) in [6, 6.07) is 9.17. The maximum Gasteiger partial charge on any atom is 0.254 e. The van der Waals surface area contributed by atoms with E-state index in [1.807, 2.05) is 37.3 Å². The molecule has 1 atom stereocenters. The second-order valence-corrected chi connectivity index (χ2v) is 9.64. The molecule has 0 N–H and O–H groups in total. The number of hydrogen-bond donors (Lipinski definition) is 0. The van der Waals surface area contributed by atoms with E-state index in [-0.39, 0.29) is 23.5 Å². The van der Waals surface area contributed by atoms with E-state index in [1.165, 1.54) is 0 Å². The number of pyridine rings is 1. The molecule has 0 bridgehead atoms. The van der Waals surface area contributed by atoms with E-state index in [1.54, 1.807) is 4.90 Å². The molecule has 152 valence electrons. The van der Waals surface area contributed by atoms with Gasteiger partial charge in [-0.15, -0.1) is 0 Å². The van der Waals surface area contributed by atoms with Crippen molar-refractivity contribution in [3.8, 4) is 0 Å². The molecule has 2 aromatic rings. The quantitative estimate of drug-likeness (QED) is 0.710. The second-order valence-electron chi connectivity index (χ2n) is 7.41. The van der Waals surface area contributed by atoms with Gasteiger partial charge in [0.05, 0.1) is 22.6 Å². The normalized spacial score (nSPS) is 18.6. The molecule has 7 heteroatoms. The number of hydrogen-bond acceptors (Lipinski definition) is 5. The summed E-state index contributed by atoms with van der Waals surface area (Å²) < 4.78 is 24.1. The van der Waals surface area contributed by atoms with Crippen molar-refractivity contribution in [1.29, 1.82) is 0 Å². The topological polar surface area (TPSA) is 70.6 Å². The van der Waals surface area contributed by atoms with Crippen LogP contribution in [0.1, 0.15) is 36.3 Å². The average Bonchev–Trinajstić information content (AvgIpc) is 3.03. The number of amides is 1. The van der Waals surface area contributed by atoms with Gasteiger partial charge in [0.15, 0.2) is 9.84 Å². The van der Waals surface area contributed by atoms with Crippen molar-refractivity contribution in [2.75, 3.05) is 37.7 Å². The van der Waals surface area contributed by atoms with Crippen LogP contribution in [0.25, 0.3) is 10.9 Å². The van der Waals surface area contributed by atoms with Crippen molar-refractivity contribution in [2.45, 2.75) is 33.2 Å². The van der Waals surface area contributed by atoms with Crippen molar-refractivity contribution in [3.63, 3.8) is 0 Å². The molecule has 6 nitrogen and oxygen atoms in total. The van der Waals surface area contributed by atoms with E-state index in [4.69, 9.17) is 0 Å². The molecule has 28 heavy (non-hydrogen) atoms. The van der Waals surface area contributed by atoms with Crippen molar-refractivity contribution >= 4 is 26.6 Å². The molecule has 1 aromatic heterocycles. The first-order valence-electron chi connectivity index (χ1n) is 9.94. The van der Waals surface area contributed by atoms with Crippen LogP contribution >= 0.6 is 0 Å². The fourth-order valence-electron chi connectivity index (χ4n) is 3.90. The largest absolute Gasteiger partial charge is 0.333 e. The van der Waals surface area contributed by atoms with Gasteiger partial charge in [0.25, 0.3) is 5.91 Å². The van der Waals surface area contributed by atoms with Crippen LogP contribution in [-0.4, -0.2) is 72.8 Å². The van der Waals surface area contributed by atoms with Gasteiger partial charge in [0.2, 0.25) is 0 Å². The standard InChI is InChI=1S/C21H29N3O3S/c1-4-23(5-2)11-12-24(17-10-13-28(26,27)15-17)21(25)19-14-16(3)22-20-9-7-6-8-18(19)20/h6-9,14,17H,4-5,10-13,15H2,1-3H3. The number of fused-ring (bicyclic) bond motifs is 1. The average molecular weight is 404 g/mol. The summed E-state index contributed by atoms with van der Waals surface area (Å²) in [5.41, 5.74) is 2.17. The Morgan fingerprint density at radius 1 is 1.18 bits per heavy atom. The molecule has 1 aliphatic rings. The molecule has 3 rings (SSSR count). The Balaban J connectivity index is 1.96. The number of benzene rings is 1. The SMILES string of the molecule is CCN(CC)CCN(C(=O)c1cc(C)nc2ccccc12)C1CCS(=O)(=O)C1. The first kappa shape index (κ1) is 20.7. The van der Waals surface area contributed by atoms with Gasteiger partial charge in [-0.2, -0.15) is 0 Å². The van der Waals surface area contributed by atoms with E-state index in [2.05, 4.69) is 23.7 Å². The summed E-state index contributed by atoms with van der Waals surface area (Å²) in [6.07, 6.45) is 0.508. The third kappa shape index (κ3) is 4.52. The van der Waals surface area contributed by atoms with Crippen molar-refractivity contribution in [3.05, 3.63) is 41.6 Å². The van der Waals surface area contributed by atoms with Gasteiger partial charge in [-0.1, -0.05) is 32.0 Å². The maximum atomic E-state index is 13.6. The highest BCUT2D eigenvalue weighted by molar-refractivity contribution is 7.91. The third-order valence-corrected chi connectivity index (χ3v) is 7.29. The number of likely N-dealkylation sites (N-methyl/N-ethyl adjacent to an activating group) is 1. The van der Waals surface area contributed by atoms with Crippen LogP contribution in [0.2, 0.25) is 0 Å². The van der Waals surface area contributed by atoms with Crippen LogP contribution in [-0.2, 0) is 9.84 Å². The Kier molecular flexibility index (Phi) is 6.35. The molecule has 2 heterocycles. The van der Waals surface area contributed by atoms with Crippen molar-refractivity contribution in [1.82, 2.24) is 14.8 Å². The van der Waals surface area contributed by atoms with E-state index in [9.17, 15) is 13.2 Å². The van der Waals surface area contributed by atoms with Crippen LogP contribution < -0.4 is 0 Å². The lowest BCUT2D eigenvalue weighted by Gasteiger charge is -2.31. The summed E-state index contributed by atoms with van der Waals surface area (Å²) in [5.74, 6) is 0.109. The van der Waals surface area contributed by atoms with Crippen LogP contribution in [0.4, 0.5) is 0 Å². The van der Waals surface area contributed by atoms with E-state index in [0.717, 1.165) is 36.2 Å². The first-order chi connectivity index (χ1) is 13.3. The predicted octanol–water partition coefficient (Wildman–Crippen LogP) is 2.51. The molecular formula is C21H29N3O3S. The number of sulfone groups is 1. The zero-order valence-electron chi connectivity index (χ0n) is 16.9. The van der Waals surface area contributed by atoms with E-state index >= 15 is 0 Å². The number of carbonyl (C=O) groups excluding carboxylic acids is 1. The van der Waals surface area contributed by atoms with Crippen LogP contribution in [0.3, 0.4) is 0 Å². The fraction of sp³-hybridized carbons (Fsp3) is 0.524. The fourth-order valence-corrected chi connectivity index (χ4v) is 5.63. The summed E-state index contributed by atoms with van der Waals surface area (Å²) in [6.45, 7) is 9.12. The molecule has 0 radical (unpaired) electrons. The lowest BCUT2D eigenvalue weighted by Crippen LogP contribution is -2.45. The summed E-state index contributed by atoms with van der Waals surface area (Å²) in [7, 11) is -3.08. The van der Waals surface area contributed by atoms with Gasteiger partial charge < -0.3 is 9.80 Å². The zero-order valence-corrected chi connectivity index (χ0v) is 17.7. The van der Waals surface area contributed by atoms with E-state index < -0.39 is 9.84 Å². The first-order valence-corrected chi connectivity index (χ1v) is 11.8. The number of rotatable bonds is 7. The minimum absolute atomic E-state index is 0.0546. The summed E-state index contributed by atoms with van der Waals surface area (Å²) in [5, 5.41) is 0.812. The van der Waals surface area contributed by atoms with Gasteiger partial charge in [-0.3, -0.25) is 9.78 Å². The molecule has 1 unspecified atom stereocenters. The monoisotopic (exact) mass is 403 g/mol. The summed E-state index contributed by atoms with van der Waals surface area (Å²) in [4.78, 5) is 22.1. The number of aromatic nitrogens is 1. The third-order valence-electron chi connectivity index (χ3n) is 5.54. The van der Waals surface area contributed by atoms with Gasteiger partial charge >= 0.3 is 0 Å². The Bertz CT molecular complexity index is 955. The van der Waals surface area contributed by atoms with Crippen LogP contribution in [0.15, 0.2) is 30.3 Å². The molecule has 1 fully saturated rings. The Morgan fingerprint density at radius 2 is 1.89 bits per heavy atom. The molecule has 0 aliphatic carbocycles. The predicted molar refractivity (Wildman–Crippen MR) is 112 cm³/mol. The van der Waals surface area contributed by atoms with Gasteiger partial charge in [-0.05, 0) is 38.6 Å². The van der Waals surface area contributed by atoms with E-state index in [0.29, 0.717) is 18.5 Å². The molecule has 0 spiro atoms. The minimum atomic E-state index is -3.08. The lowest BCUT2D eigenvalue weighted by atomic mass is 10.0. The van der Waals surface area contributed by atoms with Gasteiger partial charge in [-0.25, -0.2) is 8.42 Å². The van der Waals surface area contributed by atoms with Crippen molar-refractivity contribution in [2.24, 2.45) is 0 Å². The molecule has 0 saturated carbocycles. The highest BCUT2D eigenvalue weighted by atomic mass is 32.2. The van der Waals surface area contributed by atoms with Crippen molar-refractivity contribution < 1.29 is 13.2 Å². The molecular weight excluding hydrogens is 374 g/mol. The number of para-hydroxylation sites is 1. The van der Waals surface area contributed by atoms with Crippen LogP contribution in [0.5, 0.6) is 0 Å². The number of nitrogens with zero attached hydrogens (tertiary/aromatic N) is 3. The zero-order chi connectivity index (χ0) is 20.3. The highest BCUT2D eigenvalue weighted by Crippen LogP contribution is 2.24. The smallest absolute Gasteiger partial charge is 0.254 e.